The summed E-state index contributed by atoms with van der Waals surface area (Å²) in [4.78, 5) is 20.5. The van der Waals surface area contributed by atoms with Crippen LogP contribution in [0.1, 0.15) is 23.0 Å². The van der Waals surface area contributed by atoms with Crippen molar-refractivity contribution in [1.29, 1.82) is 0 Å². The lowest BCUT2D eigenvalue weighted by Crippen LogP contribution is -2.39. The fraction of sp³-hybridized carbons (Fsp3) is 0.353. The Labute approximate surface area is 169 Å². The van der Waals surface area contributed by atoms with Crippen molar-refractivity contribution in [3.8, 4) is 10.6 Å². The molecular weight excluding hydrogens is 393 g/mol. The van der Waals surface area contributed by atoms with E-state index in [1.165, 1.54) is 0 Å². The number of aryl methyl sites for hydroxylation is 2. The number of aromatic nitrogens is 3. The predicted octanol–water partition coefficient (Wildman–Crippen LogP) is 3.27. The lowest BCUT2D eigenvalue weighted by molar-refractivity contribution is 0.0750. The van der Waals surface area contributed by atoms with Crippen molar-refractivity contribution in [2.45, 2.75) is 19.9 Å². The Morgan fingerprint density at radius 2 is 2.12 bits per heavy atom. The summed E-state index contributed by atoms with van der Waals surface area (Å²) in [6, 6.07) is 5.81. The first-order valence-corrected chi connectivity index (χ1v) is 8.67. The van der Waals surface area contributed by atoms with E-state index in [0.29, 0.717) is 12.1 Å². The molecule has 0 saturated heterocycles. The number of pyridine rings is 1. The van der Waals surface area contributed by atoms with Gasteiger partial charge in [-0.2, -0.15) is 5.10 Å². The topological polar surface area (TPSA) is 77.0 Å². The minimum absolute atomic E-state index is 0. The zero-order valence-corrected chi connectivity index (χ0v) is 17.5. The van der Waals surface area contributed by atoms with Crippen LogP contribution in [0.4, 0.5) is 0 Å². The molecule has 1 unspecified atom stereocenters. The molecule has 0 aliphatic heterocycles. The first-order valence-electron chi connectivity index (χ1n) is 7.79. The van der Waals surface area contributed by atoms with E-state index in [1.54, 1.807) is 28.0 Å². The highest BCUT2D eigenvalue weighted by molar-refractivity contribution is 7.13. The number of likely N-dealkylation sites (N-methyl/N-ethyl adjacent to an activating group) is 1. The van der Waals surface area contributed by atoms with E-state index in [2.05, 4.69) is 5.10 Å². The molecule has 0 aliphatic carbocycles. The van der Waals surface area contributed by atoms with Gasteiger partial charge in [0.05, 0.1) is 27.2 Å². The summed E-state index contributed by atoms with van der Waals surface area (Å²) >= 11 is 1.60. The Bertz CT molecular complexity index is 894. The number of thiophene rings is 1. The van der Waals surface area contributed by atoms with Crippen LogP contribution < -0.4 is 5.73 Å². The van der Waals surface area contributed by atoms with Gasteiger partial charge in [-0.1, -0.05) is 6.07 Å². The van der Waals surface area contributed by atoms with Crippen molar-refractivity contribution in [3.05, 3.63) is 34.8 Å². The molecule has 2 N–H and O–H groups in total. The molecule has 1 atom stereocenters. The normalized spacial score (nSPS) is 11.6. The third-order valence-corrected chi connectivity index (χ3v) is 5.19. The van der Waals surface area contributed by atoms with Crippen LogP contribution in [0, 0.1) is 6.92 Å². The first kappa shape index (κ1) is 22.4. The number of amides is 1. The van der Waals surface area contributed by atoms with Crippen molar-refractivity contribution in [3.63, 3.8) is 0 Å². The van der Waals surface area contributed by atoms with E-state index < -0.39 is 0 Å². The quantitative estimate of drug-likeness (QED) is 0.708. The third kappa shape index (κ3) is 3.86. The molecule has 0 fully saturated rings. The Morgan fingerprint density at radius 3 is 2.69 bits per heavy atom. The molecule has 0 saturated carbocycles. The van der Waals surface area contributed by atoms with E-state index in [9.17, 15) is 4.79 Å². The Kier molecular flexibility index (Phi) is 7.58. The van der Waals surface area contributed by atoms with E-state index in [0.717, 1.165) is 27.3 Å². The van der Waals surface area contributed by atoms with Crippen LogP contribution in [0.2, 0.25) is 0 Å². The lowest BCUT2D eigenvalue weighted by atomic mass is 10.1. The van der Waals surface area contributed by atoms with Gasteiger partial charge in [-0.25, -0.2) is 4.98 Å². The zero-order chi connectivity index (χ0) is 17.4. The van der Waals surface area contributed by atoms with Crippen molar-refractivity contribution in [1.82, 2.24) is 19.7 Å². The molecule has 1 amide bonds. The van der Waals surface area contributed by atoms with Crippen LogP contribution in [0.5, 0.6) is 0 Å². The van der Waals surface area contributed by atoms with E-state index in [-0.39, 0.29) is 36.8 Å². The van der Waals surface area contributed by atoms with E-state index >= 15 is 0 Å². The number of fused-ring (bicyclic) bond motifs is 1. The summed E-state index contributed by atoms with van der Waals surface area (Å²) in [6.07, 6.45) is 0. The second-order valence-corrected chi connectivity index (χ2v) is 6.89. The van der Waals surface area contributed by atoms with Crippen molar-refractivity contribution < 1.29 is 4.79 Å². The van der Waals surface area contributed by atoms with Crippen LogP contribution in [0.3, 0.4) is 0 Å². The summed E-state index contributed by atoms with van der Waals surface area (Å²) in [5.41, 5.74) is 8.65. The number of carbonyl (C=O) groups excluding carboxylic acids is 1. The molecule has 142 valence electrons. The lowest BCUT2D eigenvalue weighted by Gasteiger charge is -2.24. The smallest absolute Gasteiger partial charge is 0.254 e. The molecule has 3 rings (SSSR count). The Hall–Kier alpha value is -1.67. The minimum Gasteiger partial charge on any atom is -0.338 e. The summed E-state index contributed by atoms with van der Waals surface area (Å²) in [5, 5.41) is 7.25. The van der Waals surface area contributed by atoms with Gasteiger partial charge in [0, 0.05) is 26.7 Å². The van der Waals surface area contributed by atoms with Gasteiger partial charge >= 0.3 is 0 Å². The molecule has 3 aromatic rings. The molecule has 0 aromatic carbocycles. The largest absolute Gasteiger partial charge is 0.338 e. The van der Waals surface area contributed by atoms with Gasteiger partial charge in [0.15, 0.2) is 5.65 Å². The Balaban J connectivity index is 0.00000169. The van der Waals surface area contributed by atoms with Crippen molar-refractivity contribution >= 4 is 53.1 Å². The molecule has 0 spiro atoms. The fourth-order valence-corrected chi connectivity index (χ4v) is 3.40. The fourth-order valence-electron chi connectivity index (χ4n) is 2.71. The minimum atomic E-state index is -0.0609. The van der Waals surface area contributed by atoms with Crippen molar-refractivity contribution in [2.24, 2.45) is 12.8 Å². The second-order valence-electron chi connectivity index (χ2n) is 5.94. The molecule has 0 radical (unpaired) electrons. The van der Waals surface area contributed by atoms with Gasteiger partial charge in [0.1, 0.15) is 0 Å². The number of rotatable bonds is 4. The average Bonchev–Trinajstić information content (AvgIpc) is 3.21. The average molecular weight is 416 g/mol. The Morgan fingerprint density at radius 1 is 1.42 bits per heavy atom. The van der Waals surface area contributed by atoms with E-state index in [4.69, 9.17) is 10.7 Å². The maximum atomic E-state index is 13.1. The first-order chi connectivity index (χ1) is 11.4. The molecule has 0 aliphatic rings. The molecule has 26 heavy (non-hydrogen) atoms. The highest BCUT2D eigenvalue weighted by atomic mass is 35.5. The number of nitrogens with two attached hydrogens (primary N) is 1. The predicted molar refractivity (Wildman–Crippen MR) is 112 cm³/mol. The monoisotopic (exact) mass is 415 g/mol. The number of carbonyl (C=O) groups is 1. The third-order valence-electron chi connectivity index (χ3n) is 4.30. The van der Waals surface area contributed by atoms with Gasteiger partial charge in [0.2, 0.25) is 0 Å². The van der Waals surface area contributed by atoms with Crippen molar-refractivity contribution in [2.75, 3.05) is 13.6 Å². The highest BCUT2D eigenvalue weighted by Gasteiger charge is 2.23. The maximum Gasteiger partial charge on any atom is 0.254 e. The SMILES string of the molecule is Cc1nn(C)c2nc(-c3cccs3)cc(C(=O)N(C)C(C)CN)c12.Cl.Cl. The zero-order valence-electron chi connectivity index (χ0n) is 15.1. The second kappa shape index (κ2) is 8.81. The van der Waals surface area contributed by atoms with Gasteiger partial charge in [-0.15, -0.1) is 36.2 Å². The van der Waals surface area contributed by atoms with Gasteiger partial charge in [-0.05, 0) is 31.4 Å². The van der Waals surface area contributed by atoms with Crippen LogP contribution in [0.25, 0.3) is 21.6 Å². The summed E-state index contributed by atoms with van der Waals surface area (Å²) in [5.74, 6) is -0.0609. The molecular formula is C17H23Cl2N5OS. The van der Waals surface area contributed by atoms with Crippen LogP contribution in [-0.2, 0) is 7.05 Å². The number of hydrogen-bond donors (Lipinski definition) is 1. The molecule has 6 nitrogen and oxygen atoms in total. The summed E-state index contributed by atoms with van der Waals surface area (Å²) in [6.45, 7) is 4.25. The maximum absolute atomic E-state index is 13.1. The number of hydrogen-bond acceptors (Lipinski definition) is 5. The van der Waals surface area contributed by atoms with Crippen LogP contribution in [0.15, 0.2) is 23.6 Å². The van der Waals surface area contributed by atoms with E-state index in [1.807, 2.05) is 44.5 Å². The van der Waals surface area contributed by atoms with Gasteiger partial charge in [0.25, 0.3) is 5.91 Å². The van der Waals surface area contributed by atoms with Crippen LogP contribution >= 0.6 is 36.2 Å². The number of halogens is 2. The van der Waals surface area contributed by atoms with Gasteiger partial charge < -0.3 is 10.6 Å². The summed E-state index contributed by atoms with van der Waals surface area (Å²) in [7, 11) is 3.63. The molecule has 0 bridgehead atoms. The summed E-state index contributed by atoms with van der Waals surface area (Å²) < 4.78 is 1.73. The molecule has 9 heteroatoms. The van der Waals surface area contributed by atoms with Crippen LogP contribution in [-0.4, -0.2) is 45.2 Å². The molecule has 3 heterocycles. The highest BCUT2D eigenvalue weighted by Crippen LogP contribution is 2.30. The standard InChI is InChI=1S/C17H21N5OS.2ClH/c1-10(9-18)21(3)17(23)12-8-13(14-6-5-7-24-14)19-16-15(12)11(2)20-22(16)4;;/h5-8,10H,9,18H2,1-4H3;2*1H. The molecule has 3 aromatic heterocycles. The number of nitrogens with zero attached hydrogens (tertiary/aromatic N) is 4. The van der Waals surface area contributed by atoms with Gasteiger partial charge in [-0.3, -0.25) is 9.48 Å².